The first kappa shape index (κ1) is 27.7. The number of rotatable bonds is 11. The summed E-state index contributed by atoms with van der Waals surface area (Å²) in [6.07, 6.45) is 4.28. The van der Waals surface area contributed by atoms with Crippen LogP contribution in [0.3, 0.4) is 0 Å². The van der Waals surface area contributed by atoms with Crippen molar-refractivity contribution in [1.82, 2.24) is 35.1 Å². The van der Waals surface area contributed by atoms with Gasteiger partial charge in [-0.25, -0.2) is 14.5 Å². The molecule has 1 aliphatic heterocycles. The van der Waals surface area contributed by atoms with Gasteiger partial charge < -0.3 is 20.6 Å². The van der Waals surface area contributed by atoms with Gasteiger partial charge in [0.2, 0.25) is 5.91 Å². The standard InChI is InChI=1S/C28H34N8O3S/c1-4-34(11-12-37)18(2)16-30-27(38)19-14-22(32-25(15-19)35-9-8-23(35)28(39)29-3)20-17-31-36-10-7-21(33-26(20)36)24-6-5-13-40-24/h5-7,10,13-15,17-18,23,37H,4,8-9,11-12,16H2,1-3H3,(H,29,39)(H,30,38)/t18?,23-/m0/s1. The van der Waals surface area contributed by atoms with E-state index in [4.69, 9.17) is 9.97 Å². The minimum atomic E-state index is -0.340. The van der Waals surface area contributed by atoms with Crippen molar-refractivity contribution in [3.05, 3.63) is 53.7 Å². The number of carbonyl (C=O) groups excluding carboxylic acids is 2. The number of aliphatic hydroxyl groups excluding tert-OH is 1. The molecule has 0 spiro atoms. The van der Waals surface area contributed by atoms with Crippen LogP contribution in [0, 0.1) is 0 Å². The number of aliphatic hydroxyl groups is 1. The second-order valence-electron chi connectivity index (χ2n) is 9.74. The molecule has 5 rings (SSSR count). The first-order valence-electron chi connectivity index (χ1n) is 13.5. The van der Waals surface area contributed by atoms with Crippen molar-refractivity contribution in [1.29, 1.82) is 0 Å². The summed E-state index contributed by atoms with van der Waals surface area (Å²) in [6, 6.07) is 9.12. The summed E-state index contributed by atoms with van der Waals surface area (Å²) in [6.45, 7) is 6.51. The molecule has 2 atom stereocenters. The predicted molar refractivity (Wildman–Crippen MR) is 155 cm³/mol. The Morgan fingerprint density at radius 2 is 2.10 bits per heavy atom. The zero-order valence-electron chi connectivity index (χ0n) is 22.9. The summed E-state index contributed by atoms with van der Waals surface area (Å²) >= 11 is 1.61. The summed E-state index contributed by atoms with van der Waals surface area (Å²) in [5.74, 6) is 0.234. The number of amides is 2. The number of nitrogens with one attached hydrogen (secondary N) is 2. The summed E-state index contributed by atoms with van der Waals surface area (Å²) in [4.78, 5) is 40.7. The van der Waals surface area contributed by atoms with Crippen LogP contribution in [0.2, 0.25) is 0 Å². The Labute approximate surface area is 236 Å². The average molecular weight is 563 g/mol. The van der Waals surface area contributed by atoms with Crippen LogP contribution in [0.15, 0.2) is 48.1 Å². The van der Waals surface area contributed by atoms with E-state index in [1.165, 1.54) is 0 Å². The highest BCUT2D eigenvalue weighted by Crippen LogP contribution is 2.31. The van der Waals surface area contributed by atoms with E-state index in [0.717, 1.165) is 17.1 Å². The van der Waals surface area contributed by atoms with E-state index < -0.39 is 0 Å². The van der Waals surface area contributed by atoms with Crippen LogP contribution in [0.1, 0.15) is 30.6 Å². The molecule has 5 heterocycles. The van der Waals surface area contributed by atoms with Gasteiger partial charge >= 0.3 is 0 Å². The normalized spacial score (nSPS) is 15.7. The Morgan fingerprint density at radius 3 is 2.77 bits per heavy atom. The Balaban J connectivity index is 1.51. The Hall–Kier alpha value is -3.87. The molecule has 0 bridgehead atoms. The number of aromatic nitrogens is 4. The molecule has 2 amide bonds. The summed E-state index contributed by atoms with van der Waals surface area (Å²) in [5.41, 5.74) is 3.15. The first-order valence-corrected chi connectivity index (χ1v) is 14.3. The number of anilines is 1. The number of carbonyl (C=O) groups is 2. The largest absolute Gasteiger partial charge is 0.395 e. The zero-order valence-corrected chi connectivity index (χ0v) is 23.7. The highest BCUT2D eigenvalue weighted by Gasteiger charge is 2.35. The van der Waals surface area contributed by atoms with Gasteiger partial charge in [0.25, 0.3) is 5.91 Å². The van der Waals surface area contributed by atoms with Crippen LogP contribution in [0.5, 0.6) is 0 Å². The molecule has 0 radical (unpaired) electrons. The minimum absolute atomic E-state index is 0.0504. The highest BCUT2D eigenvalue weighted by molar-refractivity contribution is 7.13. The van der Waals surface area contributed by atoms with Gasteiger partial charge in [-0.3, -0.25) is 14.5 Å². The third-order valence-electron chi connectivity index (χ3n) is 7.33. The second kappa shape index (κ2) is 12.1. The number of pyridine rings is 1. The van der Waals surface area contributed by atoms with E-state index >= 15 is 0 Å². The van der Waals surface area contributed by atoms with Crippen LogP contribution in [0.25, 0.3) is 27.5 Å². The van der Waals surface area contributed by atoms with E-state index in [1.54, 1.807) is 41.2 Å². The Bertz CT molecular complexity index is 1490. The molecule has 1 unspecified atom stereocenters. The van der Waals surface area contributed by atoms with Gasteiger partial charge in [-0.1, -0.05) is 13.0 Å². The number of nitrogens with zero attached hydrogens (tertiary/aromatic N) is 6. The molecular weight excluding hydrogens is 528 g/mol. The number of likely N-dealkylation sites (N-methyl/N-ethyl adjacent to an activating group) is 2. The molecule has 0 aliphatic carbocycles. The van der Waals surface area contributed by atoms with Crippen LogP contribution in [-0.4, -0.2) is 93.3 Å². The lowest BCUT2D eigenvalue weighted by atomic mass is 10.0. The van der Waals surface area contributed by atoms with E-state index in [0.29, 0.717) is 54.3 Å². The van der Waals surface area contributed by atoms with Crippen LogP contribution >= 0.6 is 11.3 Å². The van der Waals surface area contributed by atoms with Crippen molar-refractivity contribution in [2.75, 3.05) is 44.7 Å². The smallest absolute Gasteiger partial charge is 0.251 e. The topological polar surface area (TPSA) is 128 Å². The molecular formula is C28H34N8O3S. The zero-order chi connectivity index (χ0) is 28.2. The fraction of sp³-hybridized carbons (Fsp3) is 0.393. The predicted octanol–water partition coefficient (Wildman–Crippen LogP) is 2.28. The maximum absolute atomic E-state index is 13.4. The van der Waals surface area contributed by atoms with Gasteiger partial charge in [0.05, 0.1) is 34.6 Å². The molecule has 1 fully saturated rings. The van der Waals surface area contributed by atoms with Crippen LogP contribution < -0.4 is 15.5 Å². The van der Waals surface area contributed by atoms with Gasteiger partial charge in [0.15, 0.2) is 5.65 Å². The molecule has 4 aromatic rings. The number of hydrogen-bond donors (Lipinski definition) is 3. The van der Waals surface area contributed by atoms with E-state index in [-0.39, 0.29) is 30.5 Å². The lowest BCUT2D eigenvalue weighted by Crippen LogP contribution is -2.56. The van der Waals surface area contributed by atoms with Gasteiger partial charge in [-0.15, -0.1) is 11.3 Å². The van der Waals surface area contributed by atoms with Crippen molar-refractivity contribution in [2.45, 2.75) is 32.4 Å². The lowest BCUT2D eigenvalue weighted by Gasteiger charge is -2.40. The maximum Gasteiger partial charge on any atom is 0.251 e. The molecule has 11 nitrogen and oxygen atoms in total. The fourth-order valence-electron chi connectivity index (χ4n) is 4.93. The maximum atomic E-state index is 13.4. The van der Waals surface area contributed by atoms with Gasteiger partial charge in [0.1, 0.15) is 11.9 Å². The highest BCUT2D eigenvalue weighted by atomic mass is 32.1. The summed E-state index contributed by atoms with van der Waals surface area (Å²) in [7, 11) is 1.62. The van der Waals surface area contributed by atoms with Crippen molar-refractivity contribution >= 4 is 34.6 Å². The first-order chi connectivity index (χ1) is 19.4. The molecule has 40 heavy (non-hydrogen) atoms. The summed E-state index contributed by atoms with van der Waals surface area (Å²) < 4.78 is 1.69. The molecule has 1 saturated heterocycles. The van der Waals surface area contributed by atoms with E-state index in [9.17, 15) is 14.7 Å². The molecule has 4 aromatic heterocycles. The Morgan fingerprint density at radius 1 is 1.25 bits per heavy atom. The fourth-order valence-corrected chi connectivity index (χ4v) is 5.63. The van der Waals surface area contributed by atoms with Crippen molar-refractivity contribution in [3.63, 3.8) is 0 Å². The summed E-state index contributed by atoms with van der Waals surface area (Å²) in [5, 5.41) is 21.6. The third-order valence-corrected chi connectivity index (χ3v) is 8.22. The second-order valence-corrected chi connectivity index (χ2v) is 10.7. The van der Waals surface area contributed by atoms with E-state index in [1.807, 2.05) is 48.5 Å². The molecule has 3 N–H and O–H groups in total. The van der Waals surface area contributed by atoms with Crippen molar-refractivity contribution < 1.29 is 14.7 Å². The van der Waals surface area contributed by atoms with Crippen LogP contribution in [0.4, 0.5) is 5.82 Å². The molecule has 1 aliphatic rings. The number of hydrogen-bond acceptors (Lipinski definition) is 9. The lowest BCUT2D eigenvalue weighted by molar-refractivity contribution is -0.123. The average Bonchev–Trinajstić information content (AvgIpc) is 3.64. The third kappa shape index (κ3) is 5.55. The SMILES string of the molecule is CCN(CCO)C(C)CNC(=O)c1cc(-c2cnn3ccc(-c4cccs4)nc23)nc(N2CC[C@H]2C(=O)NC)c1. The van der Waals surface area contributed by atoms with Crippen molar-refractivity contribution in [2.24, 2.45) is 0 Å². The monoisotopic (exact) mass is 562 g/mol. The van der Waals surface area contributed by atoms with Gasteiger partial charge in [0, 0.05) is 44.5 Å². The van der Waals surface area contributed by atoms with Crippen LogP contribution in [-0.2, 0) is 4.79 Å². The van der Waals surface area contributed by atoms with Gasteiger partial charge in [-0.05, 0) is 49.5 Å². The van der Waals surface area contributed by atoms with Gasteiger partial charge in [-0.2, -0.15) is 5.10 Å². The quantitative estimate of drug-likeness (QED) is 0.254. The molecule has 0 saturated carbocycles. The Kier molecular flexibility index (Phi) is 8.38. The number of fused-ring (bicyclic) bond motifs is 1. The minimum Gasteiger partial charge on any atom is -0.395 e. The van der Waals surface area contributed by atoms with E-state index in [2.05, 4.69) is 20.6 Å². The number of thiophene rings is 1. The molecule has 210 valence electrons. The van der Waals surface area contributed by atoms with Crippen molar-refractivity contribution in [3.8, 4) is 21.8 Å². The molecule has 0 aromatic carbocycles. The molecule has 12 heteroatoms.